The average molecular weight is 388 g/mol. The number of aromatic nitrogens is 3. The summed E-state index contributed by atoms with van der Waals surface area (Å²) >= 11 is 0. The Labute approximate surface area is 164 Å². The zero-order valence-electron chi connectivity index (χ0n) is 16.8. The number of esters is 1. The normalized spacial score (nSPS) is 19.5. The van der Waals surface area contributed by atoms with E-state index < -0.39 is 0 Å². The molecular formula is C20H28N4O4. The number of nitrogens with one attached hydrogen (secondary N) is 1. The Kier molecular flexibility index (Phi) is 6.28. The monoisotopic (exact) mass is 388 g/mol. The van der Waals surface area contributed by atoms with Crippen LogP contribution in [-0.2, 0) is 19.1 Å². The summed E-state index contributed by atoms with van der Waals surface area (Å²) < 4.78 is 13.1. The van der Waals surface area contributed by atoms with Crippen molar-refractivity contribution in [3.8, 4) is 0 Å². The largest absolute Gasteiger partial charge is 0.463 e. The Hall–Kier alpha value is -2.48. The zero-order chi connectivity index (χ0) is 20.3. The van der Waals surface area contributed by atoms with Crippen molar-refractivity contribution in [1.29, 1.82) is 0 Å². The number of fused-ring (bicyclic) bond motifs is 1. The minimum atomic E-state index is -0.213. The highest BCUT2D eigenvalue weighted by Gasteiger charge is 2.30. The van der Waals surface area contributed by atoms with E-state index in [0.717, 1.165) is 24.1 Å². The predicted molar refractivity (Wildman–Crippen MR) is 104 cm³/mol. The van der Waals surface area contributed by atoms with Gasteiger partial charge in [-0.15, -0.1) is 0 Å². The first-order chi connectivity index (χ1) is 13.3. The molecule has 152 valence electrons. The van der Waals surface area contributed by atoms with Crippen LogP contribution in [0, 0.1) is 11.8 Å². The van der Waals surface area contributed by atoms with Gasteiger partial charge in [-0.2, -0.15) is 5.10 Å². The molecule has 2 atom stereocenters. The standard InChI is InChI=1S/C20H28N4O4/c1-12(2)9-18(25)23-19-16-7-6-15(24(16)22-11-21-19)17-8-5-14(28-17)10-27-20(26)13(3)4/h6-7,11-14,17H,5,8-10H2,1-4H3,(H,21,22,23,25). The number of nitrogens with zero attached hydrogens (tertiary/aromatic N) is 3. The summed E-state index contributed by atoms with van der Waals surface area (Å²) in [7, 11) is 0. The first-order valence-corrected chi connectivity index (χ1v) is 9.79. The summed E-state index contributed by atoms with van der Waals surface area (Å²) in [6.45, 7) is 7.88. The molecule has 0 bridgehead atoms. The van der Waals surface area contributed by atoms with Crippen molar-refractivity contribution >= 4 is 23.2 Å². The molecule has 0 spiro atoms. The molecule has 1 fully saturated rings. The molecule has 8 heteroatoms. The SMILES string of the molecule is CC(C)CC(=O)Nc1ncnn2c(C3CCC(COC(=O)C(C)C)O3)ccc12. The Morgan fingerprint density at radius 1 is 1.29 bits per heavy atom. The summed E-state index contributed by atoms with van der Waals surface area (Å²) in [5, 5.41) is 7.19. The van der Waals surface area contributed by atoms with Crippen molar-refractivity contribution in [2.75, 3.05) is 11.9 Å². The van der Waals surface area contributed by atoms with Gasteiger partial charge in [0, 0.05) is 6.42 Å². The first kappa shape index (κ1) is 20.3. The zero-order valence-corrected chi connectivity index (χ0v) is 16.8. The van der Waals surface area contributed by atoms with E-state index in [4.69, 9.17) is 9.47 Å². The molecule has 0 aromatic carbocycles. The number of amides is 1. The molecule has 3 heterocycles. The molecule has 1 amide bonds. The van der Waals surface area contributed by atoms with E-state index in [-0.39, 0.29) is 42.5 Å². The second kappa shape index (κ2) is 8.68. The van der Waals surface area contributed by atoms with E-state index >= 15 is 0 Å². The molecule has 1 aliphatic heterocycles. The molecule has 2 aromatic heterocycles. The van der Waals surface area contributed by atoms with Crippen molar-refractivity contribution in [3.05, 3.63) is 24.2 Å². The topological polar surface area (TPSA) is 94.8 Å². The average Bonchev–Trinajstić information content (AvgIpc) is 3.25. The van der Waals surface area contributed by atoms with Crippen LogP contribution in [0.1, 0.15) is 58.8 Å². The third-order valence-electron chi connectivity index (χ3n) is 4.65. The third-order valence-corrected chi connectivity index (χ3v) is 4.65. The minimum Gasteiger partial charge on any atom is -0.463 e. The van der Waals surface area contributed by atoms with Crippen molar-refractivity contribution in [2.45, 2.75) is 59.2 Å². The van der Waals surface area contributed by atoms with Gasteiger partial charge in [-0.3, -0.25) is 9.59 Å². The van der Waals surface area contributed by atoms with Crippen LogP contribution < -0.4 is 5.32 Å². The predicted octanol–water partition coefficient (Wildman–Crippen LogP) is 3.13. The summed E-state index contributed by atoms with van der Waals surface area (Å²) in [6.07, 6.45) is 3.23. The van der Waals surface area contributed by atoms with Gasteiger partial charge in [-0.05, 0) is 30.9 Å². The molecule has 28 heavy (non-hydrogen) atoms. The third kappa shape index (κ3) is 4.67. The molecule has 1 aliphatic rings. The van der Waals surface area contributed by atoms with Gasteiger partial charge >= 0.3 is 5.97 Å². The van der Waals surface area contributed by atoms with E-state index in [1.54, 1.807) is 4.52 Å². The number of rotatable bonds is 7. The van der Waals surface area contributed by atoms with Crippen LogP contribution in [0.2, 0.25) is 0 Å². The van der Waals surface area contributed by atoms with E-state index in [1.165, 1.54) is 6.33 Å². The second-order valence-corrected chi connectivity index (χ2v) is 7.92. The van der Waals surface area contributed by atoms with E-state index in [2.05, 4.69) is 15.4 Å². The highest BCUT2D eigenvalue weighted by atomic mass is 16.6. The molecule has 3 rings (SSSR count). The Balaban J connectivity index is 1.69. The van der Waals surface area contributed by atoms with Crippen LogP contribution in [0.4, 0.5) is 5.82 Å². The van der Waals surface area contributed by atoms with Crippen LogP contribution in [0.3, 0.4) is 0 Å². The van der Waals surface area contributed by atoms with Crippen molar-refractivity contribution in [2.24, 2.45) is 11.8 Å². The summed E-state index contributed by atoms with van der Waals surface area (Å²) in [4.78, 5) is 28.0. The van der Waals surface area contributed by atoms with Crippen molar-refractivity contribution in [1.82, 2.24) is 14.6 Å². The highest BCUT2D eigenvalue weighted by Crippen LogP contribution is 2.34. The fourth-order valence-corrected chi connectivity index (χ4v) is 3.24. The number of anilines is 1. The Morgan fingerprint density at radius 2 is 2.07 bits per heavy atom. The maximum atomic E-state index is 12.1. The van der Waals surface area contributed by atoms with Crippen LogP contribution in [0.5, 0.6) is 0 Å². The lowest BCUT2D eigenvalue weighted by Crippen LogP contribution is -2.21. The first-order valence-electron chi connectivity index (χ1n) is 9.79. The van der Waals surface area contributed by atoms with E-state index in [1.807, 2.05) is 39.8 Å². The van der Waals surface area contributed by atoms with Crippen LogP contribution in [0.25, 0.3) is 5.52 Å². The second-order valence-electron chi connectivity index (χ2n) is 7.92. The molecule has 8 nitrogen and oxygen atoms in total. The highest BCUT2D eigenvalue weighted by molar-refractivity contribution is 5.93. The maximum absolute atomic E-state index is 12.1. The smallest absolute Gasteiger partial charge is 0.308 e. The van der Waals surface area contributed by atoms with Gasteiger partial charge in [0.25, 0.3) is 0 Å². The summed E-state index contributed by atoms with van der Waals surface area (Å²) in [5.74, 6) is 0.339. The fraction of sp³-hybridized carbons (Fsp3) is 0.600. The van der Waals surface area contributed by atoms with Crippen LogP contribution in [-0.4, -0.2) is 39.2 Å². The molecule has 1 saturated heterocycles. The quantitative estimate of drug-likeness (QED) is 0.732. The molecule has 0 saturated carbocycles. The lowest BCUT2D eigenvalue weighted by atomic mass is 10.1. The minimum absolute atomic E-state index is 0.0671. The number of hydrogen-bond donors (Lipinski definition) is 1. The number of carbonyl (C=O) groups is 2. The van der Waals surface area contributed by atoms with Crippen molar-refractivity contribution < 1.29 is 19.1 Å². The molecular weight excluding hydrogens is 360 g/mol. The Bertz CT molecular complexity index is 846. The van der Waals surface area contributed by atoms with Gasteiger partial charge < -0.3 is 14.8 Å². The van der Waals surface area contributed by atoms with E-state index in [9.17, 15) is 9.59 Å². The lowest BCUT2D eigenvalue weighted by molar-refractivity contribution is -0.151. The number of ether oxygens (including phenoxy) is 2. The van der Waals surface area contributed by atoms with Gasteiger partial charge in [0.05, 0.1) is 17.7 Å². The van der Waals surface area contributed by atoms with Crippen molar-refractivity contribution in [3.63, 3.8) is 0 Å². The molecule has 0 aliphatic carbocycles. The number of carbonyl (C=O) groups excluding carboxylic acids is 2. The number of hydrogen-bond acceptors (Lipinski definition) is 6. The van der Waals surface area contributed by atoms with Gasteiger partial charge in [-0.25, -0.2) is 9.50 Å². The van der Waals surface area contributed by atoms with Crippen LogP contribution >= 0.6 is 0 Å². The fourth-order valence-electron chi connectivity index (χ4n) is 3.24. The molecule has 1 N–H and O–H groups in total. The molecule has 2 aromatic rings. The maximum Gasteiger partial charge on any atom is 0.308 e. The van der Waals surface area contributed by atoms with Gasteiger partial charge in [-0.1, -0.05) is 27.7 Å². The van der Waals surface area contributed by atoms with Gasteiger partial charge in [0.1, 0.15) is 24.6 Å². The van der Waals surface area contributed by atoms with Crippen LogP contribution in [0.15, 0.2) is 18.5 Å². The summed E-state index contributed by atoms with van der Waals surface area (Å²) in [6, 6.07) is 3.82. The molecule has 0 radical (unpaired) electrons. The summed E-state index contributed by atoms with van der Waals surface area (Å²) in [5.41, 5.74) is 1.63. The van der Waals surface area contributed by atoms with E-state index in [0.29, 0.717) is 12.2 Å². The Morgan fingerprint density at radius 3 is 2.79 bits per heavy atom. The molecule has 2 unspecified atom stereocenters. The van der Waals surface area contributed by atoms with Gasteiger partial charge in [0.15, 0.2) is 5.82 Å². The van der Waals surface area contributed by atoms with Gasteiger partial charge in [0.2, 0.25) is 5.91 Å². The lowest BCUT2D eigenvalue weighted by Gasteiger charge is -2.15.